The average molecular weight is 487 g/mol. The number of ether oxygens (including phenoxy) is 3. The van der Waals surface area contributed by atoms with Crippen LogP contribution in [0.15, 0.2) is 30.3 Å². The quantitative estimate of drug-likeness (QED) is 0.306. The van der Waals surface area contributed by atoms with Crippen LogP contribution in [0.5, 0.6) is 23.0 Å². The lowest BCUT2D eigenvalue weighted by molar-refractivity contribution is 0.0937. The molecule has 35 heavy (non-hydrogen) atoms. The molecule has 0 spiro atoms. The lowest BCUT2D eigenvalue weighted by Crippen LogP contribution is -2.22. The molecule has 0 aromatic heterocycles. The van der Waals surface area contributed by atoms with Gasteiger partial charge in [0.05, 0.1) is 25.9 Å². The van der Waals surface area contributed by atoms with Gasteiger partial charge in [0, 0.05) is 12.0 Å². The fraction of sp³-hybridized carbons (Fsp3) is 0.462. The summed E-state index contributed by atoms with van der Waals surface area (Å²) in [4.78, 5) is 28.5. The Kier molecular flexibility index (Phi) is 8.45. The SMILES string of the molecule is COc1ccc(C2NOC(=O)N2)cc1OCCCCOc1ccc(C(=O)CC(C)(C)C)c(O)c1C. The molecule has 1 atom stereocenters. The van der Waals surface area contributed by atoms with E-state index >= 15 is 0 Å². The largest absolute Gasteiger partial charge is 0.507 e. The van der Waals surface area contributed by atoms with E-state index in [2.05, 4.69) is 10.8 Å². The second-order valence-electron chi connectivity index (χ2n) is 9.64. The highest BCUT2D eigenvalue weighted by Gasteiger charge is 2.24. The van der Waals surface area contributed by atoms with Crippen LogP contribution in [0.3, 0.4) is 0 Å². The molecule has 1 amide bonds. The minimum Gasteiger partial charge on any atom is -0.507 e. The van der Waals surface area contributed by atoms with Gasteiger partial charge < -0.3 is 24.2 Å². The number of ketones is 1. The van der Waals surface area contributed by atoms with E-state index in [1.54, 1.807) is 38.3 Å². The van der Waals surface area contributed by atoms with Crippen molar-refractivity contribution in [3.8, 4) is 23.0 Å². The van der Waals surface area contributed by atoms with Gasteiger partial charge in [-0.1, -0.05) is 26.8 Å². The topological polar surface area (TPSA) is 115 Å². The molecule has 1 saturated heterocycles. The van der Waals surface area contributed by atoms with Crippen LogP contribution in [0, 0.1) is 12.3 Å². The molecule has 2 aromatic carbocycles. The number of hydrogen-bond acceptors (Lipinski definition) is 8. The molecule has 9 heteroatoms. The van der Waals surface area contributed by atoms with Crippen molar-refractivity contribution in [2.24, 2.45) is 5.41 Å². The number of methoxy groups -OCH3 is 1. The van der Waals surface area contributed by atoms with Crippen molar-refractivity contribution in [2.45, 2.75) is 53.1 Å². The second kappa shape index (κ2) is 11.3. The molecule has 0 bridgehead atoms. The summed E-state index contributed by atoms with van der Waals surface area (Å²) in [7, 11) is 1.56. The number of unbranched alkanes of at least 4 members (excludes halogenated alkanes) is 1. The number of hydrogen-bond donors (Lipinski definition) is 3. The molecule has 3 N–H and O–H groups in total. The maximum absolute atomic E-state index is 12.5. The Hall–Kier alpha value is -3.46. The van der Waals surface area contributed by atoms with E-state index in [1.807, 2.05) is 26.8 Å². The molecular formula is C26H34N2O7. The Labute approximate surface area is 205 Å². The van der Waals surface area contributed by atoms with Gasteiger partial charge in [0.25, 0.3) is 0 Å². The zero-order chi connectivity index (χ0) is 25.6. The summed E-state index contributed by atoms with van der Waals surface area (Å²) in [6, 6.07) is 8.73. The monoisotopic (exact) mass is 486 g/mol. The maximum atomic E-state index is 12.5. The smallest absolute Gasteiger partial charge is 0.427 e. The third-order valence-corrected chi connectivity index (χ3v) is 5.48. The predicted octanol–water partition coefficient (Wildman–Crippen LogP) is 4.81. The van der Waals surface area contributed by atoms with E-state index in [0.29, 0.717) is 48.0 Å². The first-order chi connectivity index (χ1) is 16.6. The Morgan fingerprint density at radius 1 is 1.06 bits per heavy atom. The van der Waals surface area contributed by atoms with Crippen molar-refractivity contribution in [3.63, 3.8) is 0 Å². The van der Waals surface area contributed by atoms with Crippen LogP contribution in [-0.4, -0.2) is 37.3 Å². The number of carbonyl (C=O) groups is 2. The molecule has 1 aliphatic heterocycles. The van der Waals surface area contributed by atoms with Gasteiger partial charge in [-0.25, -0.2) is 4.79 Å². The van der Waals surface area contributed by atoms with Crippen LogP contribution >= 0.6 is 0 Å². The highest BCUT2D eigenvalue weighted by molar-refractivity contribution is 5.99. The standard InChI is InChI=1S/C26H34N2O7/c1-16-20(11-9-18(23(16)30)19(29)15-26(2,3)4)33-12-6-7-13-34-22-14-17(8-10-21(22)32-5)24-27-25(31)35-28-24/h8-11,14,24,28,30H,6-7,12-13,15H2,1-5H3,(H,27,31). The van der Waals surface area contributed by atoms with E-state index in [9.17, 15) is 14.7 Å². The third kappa shape index (κ3) is 7.02. The van der Waals surface area contributed by atoms with Gasteiger partial charge in [0.1, 0.15) is 17.7 Å². The molecule has 1 fully saturated rings. The minimum atomic E-state index is -0.539. The van der Waals surface area contributed by atoms with Gasteiger partial charge in [-0.05, 0) is 55.0 Å². The molecular weight excluding hydrogens is 452 g/mol. The second-order valence-corrected chi connectivity index (χ2v) is 9.64. The minimum absolute atomic E-state index is 0.0228. The first-order valence-electron chi connectivity index (χ1n) is 11.6. The first kappa shape index (κ1) is 26.2. The molecule has 1 aliphatic rings. The maximum Gasteiger partial charge on any atom is 0.427 e. The summed E-state index contributed by atoms with van der Waals surface area (Å²) in [5.74, 6) is 1.59. The van der Waals surface area contributed by atoms with Crippen molar-refractivity contribution in [2.75, 3.05) is 20.3 Å². The van der Waals surface area contributed by atoms with E-state index in [0.717, 1.165) is 18.4 Å². The van der Waals surface area contributed by atoms with Crippen LogP contribution in [-0.2, 0) is 4.84 Å². The van der Waals surface area contributed by atoms with Gasteiger partial charge in [0.15, 0.2) is 17.3 Å². The first-order valence-corrected chi connectivity index (χ1v) is 11.6. The average Bonchev–Trinajstić information content (AvgIpc) is 3.23. The number of phenolic OH excluding ortho intramolecular Hbond substituents is 1. The number of phenols is 1. The van der Waals surface area contributed by atoms with Crippen molar-refractivity contribution in [1.82, 2.24) is 10.8 Å². The van der Waals surface area contributed by atoms with Crippen molar-refractivity contribution >= 4 is 11.9 Å². The zero-order valence-corrected chi connectivity index (χ0v) is 20.9. The summed E-state index contributed by atoms with van der Waals surface area (Å²) in [5.41, 5.74) is 4.10. The van der Waals surface area contributed by atoms with Crippen molar-refractivity contribution < 1.29 is 33.7 Å². The van der Waals surface area contributed by atoms with E-state index < -0.39 is 12.3 Å². The Bertz CT molecular complexity index is 1060. The van der Waals surface area contributed by atoms with Crippen LogP contribution in [0.4, 0.5) is 4.79 Å². The summed E-state index contributed by atoms with van der Waals surface area (Å²) < 4.78 is 17.1. The molecule has 9 nitrogen and oxygen atoms in total. The molecule has 3 rings (SSSR count). The van der Waals surface area contributed by atoms with Gasteiger partial charge in [-0.3, -0.25) is 10.1 Å². The van der Waals surface area contributed by atoms with Crippen molar-refractivity contribution in [3.05, 3.63) is 47.0 Å². The number of carbonyl (C=O) groups excluding carboxylic acids is 2. The highest BCUT2D eigenvalue weighted by atomic mass is 16.7. The number of Topliss-reactive ketones (excluding diaryl/α,β-unsaturated/α-hetero) is 1. The lowest BCUT2D eigenvalue weighted by atomic mass is 9.87. The molecule has 190 valence electrons. The predicted molar refractivity (Wildman–Crippen MR) is 130 cm³/mol. The zero-order valence-electron chi connectivity index (χ0n) is 20.9. The summed E-state index contributed by atoms with van der Waals surface area (Å²) in [5, 5.41) is 13.1. The molecule has 0 radical (unpaired) electrons. The fourth-order valence-corrected chi connectivity index (χ4v) is 3.63. The Balaban J connectivity index is 1.48. The van der Waals surface area contributed by atoms with Gasteiger partial charge in [-0.2, -0.15) is 0 Å². The molecule has 2 aromatic rings. The molecule has 0 aliphatic carbocycles. The number of nitrogens with one attached hydrogen (secondary N) is 2. The van der Waals surface area contributed by atoms with Gasteiger partial charge in [0.2, 0.25) is 0 Å². The van der Waals surface area contributed by atoms with Crippen LogP contribution < -0.4 is 25.0 Å². The molecule has 0 saturated carbocycles. The van der Waals surface area contributed by atoms with Crippen LogP contribution in [0.2, 0.25) is 0 Å². The number of hydroxylamine groups is 1. The molecule has 1 unspecified atom stereocenters. The lowest BCUT2D eigenvalue weighted by Gasteiger charge is -2.18. The van der Waals surface area contributed by atoms with Crippen molar-refractivity contribution in [1.29, 1.82) is 0 Å². The Morgan fingerprint density at radius 2 is 1.71 bits per heavy atom. The third-order valence-electron chi connectivity index (χ3n) is 5.48. The normalized spacial score (nSPS) is 15.3. The van der Waals surface area contributed by atoms with Crippen LogP contribution in [0.25, 0.3) is 0 Å². The number of benzene rings is 2. The number of amides is 1. The summed E-state index contributed by atoms with van der Waals surface area (Å²) >= 11 is 0. The Morgan fingerprint density at radius 3 is 2.31 bits per heavy atom. The van der Waals surface area contributed by atoms with Gasteiger partial charge in [-0.15, -0.1) is 5.48 Å². The number of rotatable bonds is 11. The van der Waals surface area contributed by atoms with E-state index in [4.69, 9.17) is 19.0 Å². The van der Waals surface area contributed by atoms with Gasteiger partial charge >= 0.3 is 6.09 Å². The van der Waals surface area contributed by atoms with E-state index in [-0.39, 0.29) is 16.9 Å². The summed E-state index contributed by atoms with van der Waals surface area (Å²) in [6.45, 7) is 8.59. The van der Waals surface area contributed by atoms with E-state index in [1.165, 1.54) is 0 Å². The van der Waals surface area contributed by atoms with Crippen LogP contribution in [0.1, 0.15) is 67.7 Å². The highest BCUT2D eigenvalue weighted by Crippen LogP contribution is 2.34. The number of aromatic hydroxyl groups is 1. The molecule has 1 heterocycles. The fourth-order valence-electron chi connectivity index (χ4n) is 3.63. The summed E-state index contributed by atoms with van der Waals surface area (Å²) in [6.07, 6.45) is 0.804.